The Balaban J connectivity index is 2.08. The average molecular weight is 324 g/mol. The van der Waals surface area contributed by atoms with Crippen LogP contribution in [0.2, 0.25) is 0 Å². The van der Waals surface area contributed by atoms with E-state index in [1.165, 1.54) is 0 Å². The summed E-state index contributed by atoms with van der Waals surface area (Å²) in [5, 5.41) is 9.64. The highest BCUT2D eigenvalue weighted by atomic mass is 19.1. The van der Waals surface area contributed by atoms with Crippen LogP contribution in [0, 0.1) is 11.2 Å². The van der Waals surface area contributed by atoms with Crippen molar-refractivity contribution in [1.82, 2.24) is 4.90 Å². The first kappa shape index (κ1) is 18.2. The Morgan fingerprint density at radius 2 is 1.96 bits per heavy atom. The fraction of sp³-hybridized carbons (Fsp3) is 0.667. The zero-order valence-electron chi connectivity index (χ0n) is 14.7. The topological polar surface area (TPSA) is 35.9 Å². The minimum Gasteiger partial charge on any atom is -0.395 e. The lowest BCUT2D eigenvalue weighted by molar-refractivity contribution is 0.0614. The number of halogens is 1. The predicted molar refractivity (Wildman–Crippen MR) is 91.2 cm³/mol. The molecule has 0 saturated carbocycles. The summed E-state index contributed by atoms with van der Waals surface area (Å²) >= 11 is 0. The molecule has 23 heavy (non-hydrogen) atoms. The highest BCUT2D eigenvalue weighted by molar-refractivity contribution is 5.49. The summed E-state index contributed by atoms with van der Waals surface area (Å²) < 4.78 is 19.8. The van der Waals surface area contributed by atoms with E-state index in [0.717, 1.165) is 18.7 Å². The maximum atomic E-state index is 14.5. The van der Waals surface area contributed by atoms with Crippen LogP contribution in [0.4, 0.5) is 10.1 Å². The maximum absolute atomic E-state index is 14.5. The Kier molecular flexibility index (Phi) is 6.00. The van der Waals surface area contributed by atoms with E-state index in [9.17, 15) is 9.50 Å². The summed E-state index contributed by atoms with van der Waals surface area (Å²) in [6.07, 6.45) is 0. The molecule has 1 atom stereocenters. The second-order valence-electron chi connectivity index (χ2n) is 7.36. The van der Waals surface area contributed by atoms with Gasteiger partial charge in [-0.2, -0.15) is 0 Å². The maximum Gasteiger partial charge on any atom is 0.146 e. The molecule has 1 fully saturated rings. The Labute approximate surface area is 138 Å². The van der Waals surface area contributed by atoms with E-state index < -0.39 is 0 Å². The van der Waals surface area contributed by atoms with Gasteiger partial charge in [-0.15, -0.1) is 0 Å². The summed E-state index contributed by atoms with van der Waals surface area (Å²) in [5.41, 5.74) is 1.54. The molecule has 1 N–H and O–H groups in total. The van der Waals surface area contributed by atoms with E-state index in [1.54, 1.807) is 6.07 Å². The summed E-state index contributed by atoms with van der Waals surface area (Å²) in [5.74, 6) is -0.186. The molecule has 0 radical (unpaired) electrons. The van der Waals surface area contributed by atoms with Crippen LogP contribution in [-0.2, 0) is 11.3 Å². The van der Waals surface area contributed by atoms with Gasteiger partial charge in [0.05, 0.1) is 25.5 Å². The van der Waals surface area contributed by atoms with Crippen LogP contribution in [-0.4, -0.2) is 56.0 Å². The van der Waals surface area contributed by atoms with Crippen LogP contribution in [0.15, 0.2) is 18.2 Å². The standard InChI is InChI=1S/C18H29FN2O2/c1-18(2,3)17(13-22)20(4)12-14-5-6-16(15(19)11-14)21-7-9-23-10-8-21/h5-6,11,17,22H,7-10,12-13H2,1-4H3. The molecule has 130 valence electrons. The number of likely N-dealkylation sites (N-methyl/N-ethyl adjacent to an activating group) is 1. The first-order valence-electron chi connectivity index (χ1n) is 8.25. The molecule has 4 nitrogen and oxygen atoms in total. The van der Waals surface area contributed by atoms with Gasteiger partial charge in [-0.1, -0.05) is 26.8 Å². The number of rotatable bonds is 5. The average Bonchev–Trinajstić information content (AvgIpc) is 2.47. The molecule has 1 aliphatic heterocycles. The largest absolute Gasteiger partial charge is 0.395 e. The van der Waals surface area contributed by atoms with Crippen molar-refractivity contribution in [3.63, 3.8) is 0 Å². The first-order chi connectivity index (χ1) is 10.8. The molecule has 0 bridgehead atoms. The van der Waals surface area contributed by atoms with Crippen molar-refractivity contribution in [1.29, 1.82) is 0 Å². The second kappa shape index (κ2) is 7.60. The molecular weight excluding hydrogens is 295 g/mol. The molecular formula is C18H29FN2O2. The fourth-order valence-corrected chi connectivity index (χ4v) is 3.18. The lowest BCUT2D eigenvalue weighted by atomic mass is 9.86. The van der Waals surface area contributed by atoms with Gasteiger partial charge >= 0.3 is 0 Å². The van der Waals surface area contributed by atoms with Gasteiger partial charge in [0.25, 0.3) is 0 Å². The predicted octanol–water partition coefficient (Wildman–Crippen LogP) is 2.50. The first-order valence-corrected chi connectivity index (χ1v) is 8.25. The van der Waals surface area contributed by atoms with Gasteiger partial charge in [-0.05, 0) is 30.2 Å². The molecule has 0 amide bonds. The van der Waals surface area contributed by atoms with E-state index in [0.29, 0.717) is 25.4 Å². The van der Waals surface area contributed by atoms with Crippen molar-refractivity contribution in [3.05, 3.63) is 29.6 Å². The lowest BCUT2D eigenvalue weighted by Crippen LogP contribution is -2.44. The Hall–Kier alpha value is -1.17. The highest BCUT2D eigenvalue weighted by Crippen LogP contribution is 2.26. The van der Waals surface area contributed by atoms with E-state index in [1.807, 2.05) is 24.1 Å². The highest BCUT2D eigenvalue weighted by Gasteiger charge is 2.27. The number of benzene rings is 1. The van der Waals surface area contributed by atoms with Gasteiger partial charge in [0.2, 0.25) is 0 Å². The third-order valence-electron chi connectivity index (χ3n) is 4.50. The van der Waals surface area contributed by atoms with Crippen LogP contribution in [0.3, 0.4) is 0 Å². The molecule has 1 aromatic rings. The minimum atomic E-state index is -0.186. The molecule has 1 unspecified atom stereocenters. The van der Waals surface area contributed by atoms with Crippen molar-refractivity contribution in [2.75, 3.05) is 44.9 Å². The van der Waals surface area contributed by atoms with Gasteiger partial charge in [0.15, 0.2) is 0 Å². The summed E-state index contributed by atoms with van der Waals surface area (Å²) in [7, 11) is 1.97. The SMILES string of the molecule is CN(Cc1ccc(N2CCOCC2)c(F)c1)C(CO)C(C)(C)C. The molecule has 1 aromatic carbocycles. The molecule has 0 aliphatic carbocycles. The smallest absolute Gasteiger partial charge is 0.146 e. The molecule has 0 aromatic heterocycles. The molecule has 5 heteroatoms. The fourth-order valence-electron chi connectivity index (χ4n) is 3.18. The van der Waals surface area contributed by atoms with Crippen molar-refractivity contribution < 1.29 is 14.2 Å². The van der Waals surface area contributed by atoms with Gasteiger partial charge in [-0.25, -0.2) is 4.39 Å². The quantitative estimate of drug-likeness (QED) is 0.903. The monoisotopic (exact) mass is 324 g/mol. The zero-order valence-corrected chi connectivity index (χ0v) is 14.7. The van der Waals surface area contributed by atoms with Gasteiger partial charge in [0, 0.05) is 25.7 Å². The number of nitrogens with zero attached hydrogens (tertiary/aromatic N) is 2. The second-order valence-corrected chi connectivity index (χ2v) is 7.36. The van der Waals surface area contributed by atoms with Crippen molar-refractivity contribution >= 4 is 5.69 Å². The third kappa shape index (κ3) is 4.66. The Morgan fingerprint density at radius 3 is 2.48 bits per heavy atom. The summed E-state index contributed by atoms with van der Waals surface area (Å²) in [4.78, 5) is 4.11. The van der Waals surface area contributed by atoms with E-state index in [-0.39, 0.29) is 23.9 Å². The molecule has 1 aliphatic rings. The van der Waals surface area contributed by atoms with Gasteiger partial charge in [0.1, 0.15) is 5.82 Å². The molecule has 0 spiro atoms. The van der Waals surface area contributed by atoms with Gasteiger partial charge in [-0.3, -0.25) is 4.90 Å². The van der Waals surface area contributed by atoms with Crippen molar-refractivity contribution in [2.24, 2.45) is 5.41 Å². The van der Waals surface area contributed by atoms with E-state index >= 15 is 0 Å². The van der Waals surface area contributed by atoms with Crippen LogP contribution in [0.5, 0.6) is 0 Å². The van der Waals surface area contributed by atoms with Crippen molar-refractivity contribution in [2.45, 2.75) is 33.4 Å². The van der Waals surface area contributed by atoms with Crippen LogP contribution in [0.25, 0.3) is 0 Å². The zero-order chi connectivity index (χ0) is 17.0. The summed E-state index contributed by atoms with van der Waals surface area (Å²) in [6, 6.07) is 5.47. The number of morpholine rings is 1. The molecule has 1 saturated heterocycles. The normalized spacial score (nSPS) is 17.6. The van der Waals surface area contributed by atoms with E-state index in [2.05, 4.69) is 25.7 Å². The molecule has 2 rings (SSSR count). The van der Waals surface area contributed by atoms with E-state index in [4.69, 9.17) is 4.74 Å². The number of aliphatic hydroxyl groups is 1. The lowest BCUT2D eigenvalue weighted by Gasteiger charge is -2.37. The number of hydrogen-bond donors (Lipinski definition) is 1. The van der Waals surface area contributed by atoms with Crippen LogP contribution >= 0.6 is 0 Å². The number of hydrogen-bond acceptors (Lipinski definition) is 4. The molecule has 1 heterocycles. The van der Waals surface area contributed by atoms with Crippen LogP contribution < -0.4 is 4.90 Å². The number of aliphatic hydroxyl groups excluding tert-OH is 1. The Morgan fingerprint density at radius 1 is 1.30 bits per heavy atom. The Bertz CT molecular complexity index is 510. The number of anilines is 1. The van der Waals surface area contributed by atoms with Crippen molar-refractivity contribution in [3.8, 4) is 0 Å². The minimum absolute atomic E-state index is 0.0319. The summed E-state index contributed by atoms with van der Waals surface area (Å²) in [6.45, 7) is 9.77. The van der Waals surface area contributed by atoms with Crippen LogP contribution in [0.1, 0.15) is 26.3 Å². The number of ether oxygens (including phenoxy) is 1. The third-order valence-corrected chi connectivity index (χ3v) is 4.50. The van der Waals surface area contributed by atoms with Gasteiger partial charge < -0.3 is 14.7 Å².